The second-order valence-electron chi connectivity index (χ2n) is 5.89. The summed E-state index contributed by atoms with van der Waals surface area (Å²) in [6.07, 6.45) is 7.82. The van der Waals surface area contributed by atoms with Crippen molar-refractivity contribution in [3.8, 4) is 0 Å². The minimum atomic E-state index is 0. The molecule has 7 heteroatoms. The first-order chi connectivity index (χ1) is 10.2. The van der Waals surface area contributed by atoms with Crippen molar-refractivity contribution in [2.75, 3.05) is 13.6 Å². The van der Waals surface area contributed by atoms with Gasteiger partial charge in [0, 0.05) is 32.6 Å². The molecule has 0 aromatic carbocycles. The summed E-state index contributed by atoms with van der Waals surface area (Å²) in [4.78, 5) is 4.32. The Morgan fingerprint density at radius 3 is 2.73 bits per heavy atom. The molecular formula is C15H29IN6. The first-order valence-corrected chi connectivity index (χ1v) is 8.06. The van der Waals surface area contributed by atoms with Gasteiger partial charge in [-0.2, -0.15) is 0 Å². The molecule has 2 rings (SSSR count). The van der Waals surface area contributed by atoms with Crippen LogP contribution in [-0.2, 0) is 13.0 Å². The SMILES string of the molecule is CCc1nncn1CCNC(=NC)NC1CCC(C)CC1.I. The molecule has 2 N–H and O–H groups in total. The van der Waals surface area contributed by atoms with Crippen molar-refractivity contribution < 1.29 is 0 Å². The molecule has 1 aromatic heterocycles. The maximum atomic E-state index is 4.32. The zero-order valence-corrected chi connectivity index (χ0v) is 16.2. The van der Waals surface area contributed by atoms with Gasteiger partial charge in [-0.3, -0.25) is 4.99 Å². The van der Waals surface area contributed by atoms with E-state index in [0.717, 1.165) is 37.2 Å². The third-order valence-corrected chi connectivity index (χ3v) is 4.24. The number of hydrogen-bond acceptors (Lipinski definition) is 3. The third-order valence-electron chi connectivity index (χ3n) is 4.24. The van der Waals surface area contributed by atoms with Crippen LogP contribution in [-0.4, -0.2) is 40.4 Å². The maximum Gasteiger partial charge on any atom is 0.191 e. The number of halogens is 1. The molecule has 0 aliphatic heterocycles. The second-order valence-corrected chi connectivity index (χ2v) is 5.89. The van der Waals surface area contributed by atoms with Gasteiger partial charge in [0.25, 0.3) is 0 Å². The van der Waals surface area contributed by atoms with Crippen molar-refractivity contribution in [3.05, 3.63) is 12.2 Å². The van der Waals surface area contributed by atoms with Crippen LogP contribution in [0, 0.1) is 5.92 Å². The van der Waals surface area contributed by atoms with Crippen LogP contribution >= 0.6 is 24.0 Å². The summed E-state index contributed by atoms with van der Waals surface area (Å²) >= 11 is 0. The highest BCUT2D eigenvalue weighted by Gasteiger charge is 2.18. The van der Waals surface area contributed by atoms with Gasteiger partial charge < -0.3 is 15.2 Å². The lowest BCUT2D eigenvalue weighted by atomic mass is 9.87. The number of guanidine groups is 1. The van der Waals surface area contributed by atoms with Crippen molar-refractivity contribution in [3.63, 3.8) is 0 Å². The maximum absolute atomic E-state index is 4.32. The number of aryl methyl sites for hydroxylation is 1. The molecule has 22 heavy (non-hydrogen) atoms. The number of hydrogen-bond donors (Lipinski definition) is 2. The van der Waals surface area contributed by atoms with Gasteiger partial charge >= 0.3 is 0 Å². The topological polar surface area (TPSA) is 67.1 Å². The quantitative estimate of drug-likeness (QED) is 0.436. The Bertz CT molecular complexity index is 451. The predicted molar refractivity (Wildman–Crippen MR) is 101 cm³/mol. The monoisotopic (exact) mass is 420 g/mol. The summed E-state index contributed by atoms with van der Waals surface area (Å²) in [5.41, 5.74) is 0. The smallest absolute Gasteiger partial charge is 0.191 e. The lowest BCUT2D eigenvalue weighted by Crippen LogP contribution is -2.45. The minimum Gasteiger partial charge on any atom is -0.355 e. The fraction of sp³-hybridized carbons (Fsp3) is 0.800. The normalized spacial score (nSPS) is 22.0. The third kappa shape index (κ3) is 5.73. The van der Waals surface area contributed by atoms with Crippen LogP contribution in [0.4, 0.5) is 0 Å². The van der Waals surface area contributed by atoms with E-state index in [1.54, 1.807) is 6.33 Å². The van der Waals surface area contributed by atoms with Crippen molar-refractivity contribution >= 4 is 29.9 Å². The van der Waals surface area contributed by atoms with Crippen molar-refractivity contribution in [2.45, 2.75) is 58.5 Å². The highest BCUT2D eigenvalue weighted by molar-refractivity contribution is 14.0. The number of aromatic nitrogens is 3. The Morgan fingerprint density at radius 2 is 2.09 bits per heavy atom. The highest BCUT2D eigenvalue weighted by Crippen LogP contribution is 2.23. The molecule has 0 atom stereocenters. The van der Waals surface area contributed by atoms with E-state index < -0.39 is 0 Å². The summed E-state index contributed by atoms with van der Waals surface area (Å²) in [7, 11) is 1.83. The molecule has 0 unspecified atom stereocenters. The summed E-state index contributed by atoms with van der Waals surface area (Å²) in [6, 6.07) is 0.563. The van der Waals surface area contributed by atoms with Crippen molar-refractivity contribution in [1.29, 1.82) is 0 Å². The molecule has 1 fully saturated rings. The van der Waals surface area contributed by atoms with Gasteiger partial charge in [0.1, 0.15) is 12.2 Å². The van der Waals surface area contributed by atoms with Crippen LogP contribution in [0.25, 0.3) is 0 Å². The zero-order chi connectivity index (χ0) is 15.1. The summed E-state index contributed by atoms with van der Waals surface area (Å²) < 4.78 is 2.09. The molecule has 1 aliphatic carbocycles. The second kappa shape index (κ2) is 10.0. The number of nitrogens with zero attached hydrogens (tertiary/aromatic N) is 4. The number of nitrogens with one attached hydrogen (secondary N) is 2. The fourth-order valence-corrected chi connectivity index (χ4v) is 2.83. The molecule has 0 radical (unpaired) electrons. The lowest BCUT2D eigenvalue weighted by Gasteiger charge is -2.28. The molecule has 1 saturated carbocycles. The Balaban J connectivity index is 0.00000242. The molecule has 0 bridgehead atoms. The molecule has 6 nitrogen and oxygen atoms in total. The van der Waals surface area contributed by atoms with Crippen LogP contribution < -0.4 is 10.6 Å². The fourth-order valence-electron chi connectivity index (χ4n) is 2.83. The first kappa shape index (κ1) is 19.2. The Morgan fingerprint density at radius 1 is 1.36 bits per heavy atom. The van der Waals surface area contributed by atoms with Gasteiger partial charge in [0.15, 0.2) is 5.96 Å². The van der Waals surface area contributed by atoms with Gasteiger partial charge in [0.2, 0.25) is 0 Å². The van der Waals surface area contributed by atoms with E-state index in [4.69, 9.17) is 0 Å². The van der Waals surface area contributed by atoms with Crippen LogP contribution in [0.5, 0.6) is 0 Å². The van der Waals surface area contributed by atoms with Crippen LogP contribution in [0.2, 0.25) is 0 Å². The average Bonchev–Trinajstić information content (AvgIpc) is 2.96. The Kier molecular flexibility index (Phi) is 8.74. The first-order valence-electron chi connectivity index (χ1n) is 8.06. The van der Waals surface area contributed by atoms with Gasteiger partial charge in [-0.1, -0.05) is 13.8 Å². The van der Waals surface area contributed by atoms with E-state index in [9.17, 15) is 0 Å². The average molecular weight is 420 g/mol. The molecule has 1 aromatic rings. The van der Waals surface area contributed by atoms with E-state index in [1.165, 1.54) is 25.7 Å². The van der Waals surface area contributed by atoms with E-state index in [-0.39, 0.29) is 24.0 Å². The molecular weight excluding hydrogens is 391 g/mol. The van der Waals surface area contributed by atoms with Crippen LogP contribution in [0.1, 0.15) is 45.4 Å². The Hall–Kier alpha value is -0.860. The zero-order valence-electron chi connectivity index (χ0n) is 13.9. The number of rotatable bonds is 5. The Labute approximate surface area is 150 Å². The van der Waals surface area contributed by atoms with Crippen molar-refractivity contribution in [1.82, 2.24) is 25.4 Å². The van der Waals surface area contributed by atoms with Gasteiger partial charge in [-0.15, -0.1) is 34.2 Å². The summed E-state index contributed by atoms with van der Waals surface area (Å²) in [6.45, 7) is 6.12. The predicted octanol–water partition coefficient (Wildman–Crippen LogP) is 2.20. The van der Waals surface area contributed by atoms with E-state index >= 15 is 0 Å². The van der Waals surface area contributed by atoms with Gasteiger partial charge in [0.05, 0.1) is 0 Å². The van der Waals surface area contributed by atoms with E-state index in [2.05, 4.69) is 44.2 Å². The minimum absolute atomic E-state index is 0. The molecule has 0 saturated heterocycles. The summed E-state index contributed by atoms with van der Waals surface area (Å²) in [5, 5.41) is 15.0. The molecule has 0 spiro atoms. The van der Waals surface area contributed by atoms with Gasteiger partial charge in [-0.25, -0.2) is 0 Å². The molecule has 1 heterocycles. The van der Waals surface area contributed by atoms with Crippen LogP contribution in [0.15, 0.2) is 11.3 Å². The largest absolute Gasteiger partial charge is 0.355 e. The number of aliphatic imine (C=N–C) groups is 1. The molecule has 1 aliphatic rings. The molecule has 0 amide bonds. The molecule has 126 valence electrons. The van der Waals surface area contributed by atoms with Crippen LogP contribution in [0.3, 0.4) is 0 Å². The van der Waals surface area contributed by atoms with E-state index in [1.807, 2.05) is 7.05 Å². The van der Waals surface area contributed by atoms with Gasteiger partial charge in [-0.05, 0) is 31.6 Å². The van der Waals surface area contributed by atoms with Crippen molar-refractivity contribution in [2.24, 2.45) is 10.9 Å². The lowest BCUT2D eigenvalue weighted by molar-refractivity contribution is 0.329. The summed E-state index contributed by atoms with van der Waals surface area (Å²) in [5.74, 6) is 2.81. The highest BCUT2D eigenvalue weighted by atomic mass is 127. The standard InChI is InChI=1S/C15H28N6.HI/c1-4-14-20-18-11-21(14)10-9-17-15(16-3)19-13-7-5-12(2)6-8-13;/h11-13H,4-10H2,1-3H3,(H2,16,17,19);1H. The van der Waals surface area contributed by atoms with E-state index in [0.29, 0.717) is 6.04 Å².